The zero-order valence-electron chi connectivity index (χ0n) is 14.5. The zero-order valence-corrected chi connectivity index (χ0v) is 14.5. The van der Waals surface area contributed by atoms with Crippen LogP contribution in [0.1, 0.15) is 38.2 Å². The second-order valence-corrected chi connectivity index (χ2v) is 6.85. The van der Waals surface area contributed by atoms with E-state index in [-0.39, 0.29) is 29.8 Å². The highest BCUT2D eigenvalue weighted by molar-refractivity contribution is 5.84. The summed E-state index contributed by atoms with van der Waals surface area (Å²) in [4.78, 5) is 43.4. The Bertz CT molecular complexity index is 654. The van der Waals surface area contributed by atoms with Gasteiger partial charge in [0.05, 0.1) is 6.54 Å². The lowest BCUT2D eigenvalue weighted by molar-refractivity contribution is -0.137. The molecular weight excluding hydrogens is 320 g/mol. The van der Waals surface area contributed by atoms with Crippen molar-refractivity contribution in [2.24, 2.45) is 0 Å². The van der Waals surface area contributed by atoms with E-state index in [0.29, 0.717) is 26.1 Å². The number of pyridine rings is 1. The van der Waals surface area contributed by atoms with Gasteiger partial charge in [0.25, 0.3) is 0 Å². The zero-order chi connectivity index (χ0) is 17.9. The van der Waals surface area contributed by atoms with Crippen molar-refractivity contribution in [3.05, 3.63) is 30.1 Å². The van der Waals surface area contributed by atoms with E-state index in [1.807, 2.05) is 17.0 Å². The summed E-state index contributed by atoms with van der Waals surface area (Å²) in [5, 5.41) is 2.55. The van der Waals surface area contributed by atoms with Gasteiger partial charge in [0.2, 0.25) is 17.7 Å². The molecule has 1 aromatic heterocycles. The average Bonchev–Trinajstić information content (AvgIpc) is 2.91. The van der Waals surface area contributed by atoms with E-state index in [0.717, 1.165) is 24.8 Å². The van der Waals surface area contributed by atoms with Crippen molar-refractivity contribution in [1.82, 2.24) is 20.1 Å². The minimum absolute atomic E-state index is 0.0436. The normalized spacial score (nSPS) is 19.3. The van der Waals surface area contributed by atoms with E-state index in [9.17, 15) is 14.4 Å². The molecule has 3 rings (SSSR count). The predicted octanol–water partition coefficient (Wildman–Crippen LogP) is 0.701. The summed E-state index contributed by atoms with van der Waals surface area (Å²) >= 11 is 0. The van der Waals surface area contributed by atoms with Gasteiger partial charge in [-0.1, -0.05) is 0 Å². The molecule has 0 saturated carbocycles. The first-order valence-electron chi connectivity index (χ1n) is 8.72. The van der Waals surface area contributed by atoms with E-state index in [4.69, 9.17) is 0 Å². The first kappa shape index (κ1) is 17.4. The summed E-state index contributed by atoms with van der Waals surface area (Å²) in [5.74, 6) is -0.0726. The van der Waals surface area contributed by atoms with Crippen LogP contribution in [0.3, 0.4) is 0 Å². The molecule has 1 spiro atoms. The van der Waals surface area contributed by atoms with Gasteiger partial charge in [0.1, 0.15) is 0 Å². The Labute approximate surface area is 147 Å². The molecule has 134 valence electrons. The molecule has 25 heavy (non-hydrogen) atoms. The first-order valence-corrected chi connectivity index (χ1v) is 8.72. The fourth-order valence-corrected chi connectivity index (χ4v) is 3.80. The third-order valence-corrected chi connectivity index (χ3v) is 5.30. The highest BCUT2D eigenvalue weighted by Crippen LogP contribution is 2.40. The Morgan fingerprint density at radius 3 is 2.52 bits per heavy atom. The minimum Gasteiger partial charge on any atom is -0.347 e. The van der Waals surface area contributed by atoms with Gasteiger partial charge in [0, 0.05) is 50.9 Å². The van der Waals surface area contributed by atoms with Crippen molar-refractivity contribution in [1.29, 1.82) is 0 Å². The van der Waals surface area contributed by atoms with Crippen molar-refractivity contribution in [3.8, 4) is 0 Å². The fourth-order valence-electron chi connectivity index (χ4n) is 3.80. The largest absolute Gasteiger partial charge is 0.347 e. The number of hydrogen-bond donors (Lipinski definition) is 1. The minimum atomic E-state index is -0.202. The van der Waals surface area contributed by atoms with E-state index < -0.39 is 0 Å². The molecule has 3 heterocycles. The first-order chi connectivity index (χ1) is 12.0. The van der Waals surface area contributed by atoms with Gasteiger partial charge in [0.15, 0.2) is 0 Å². The molecule has 0 unspecified atom stereocenters. The topological polar surface area (TPSA) is 82.6 Å². The lowest BCUT2D eigenvalue weighted by atomic mass is 9.84. The second kappa shape index (κ2) is 7.21. The molecule has 0 aromatic carbocycles. The molecule has 0 bridgehead atoms. The van der Waals surface area contributed by atoms with Gasteiger partial charge in [-0.05, 0) is 37.0 Å². The molecular formula is C18H24N4O3. The highest BCUT2D eigenvalue weighted by atomic mass is 16.2. The number of carbonyl (C=O) groups is 3. The van der Waals surface area contributed by atoms with Crippen LogP contribution in [0.5, 0.6) is 0 Å². The Morgan fingerprint density at radius 1 is 1.20 bits per heavy atom. The van der Waals surface area contributed by atoms with Gasteiger partial charge >= 0.3 is 0 Å². The highest BCUT2D eigenvalue weighted by Gasteiger charge is 2.47. The summed E-state index contributed by atoms with van der Waals surface area (Å²) in [6, 6.07) is 3.87. The second-order valence-electron chi connectivity index (χ2n) is 6.85. The Morgan fingerprint density at radius 2 is 1.88 bits per heavy atom. The standard InChI is InChI=1S/C18H24N4O3/c1-14(23)20-12-17(25)21-10-6-18(7-11-21)5-2-16(24)22(18)13-15-3-8-19-9-4-15/h3-4,8-9H,2,5-7,10-13H2,1H3,(H,20,23). The van der Waals surface area contributed by atoms with Crippen LogP contribution in [-0.4, -0.2) is 57.7 Å². The van der Waals surface area contributed by atoms with Crippen LogP contribution in [-0.2, 0) is 20.9 Å². The van der Waals surface area contributed by atoms with Crippen molar-refractivity contribution < 1.29 is 14.4 Å². The Hall–Kier alpha value is -2.44. The lowest BCUT2D eigenvalue weighted by Gasteiger charge is -2.45. The van der Waals surface area contributed by atoms with Gasteiger partial charge < -0.3 is 15.1 Å². The van der Waals surface area contributed by atoms with Gasteiger partial charge in [-0.2, -0.15) is 0 Å². The fraction of sp³-hybridized carbons (Fsp3) is 0.556. The van der Waals surface area contributed by atoms with E-state index in [1.54, 1.807) is 17.3 Å². The summed E-state index contributed by atoms with van der Waals surface area (Å²) in [5.41, 5.74) is 0.930. The van der Waals surface area contributed by atoms with E-state index in [1.165, 1.54) is 6.92 Å². The molecule has 0 radical (unpaired) electrons. The number of rotatable bonds is 4. The van der Waals surface area contributed by atoms with Crippen LogP contribution >= 0.6 is 0 Å². The van der Waals surface area contributed by atoms with Gasteiger partial charge in [-0.25, -0.2) is 0 Å². The molecule has 2 saturated heterocycles. The molecule has 0 atom stereocenters. The molecule has 2 aliphatic heterocycles. The third kappa shape index (κ3) is 3.81. The van der Waals surface area contributed by atoms with Crippen LogP contribution in [0.25, 0.3) is 0 Å². The van der Waals surface area contributed by atoms with Crippen molar-refractivity contribution >= 4 is 17.7 Å². The monoisotopic (exact) mass is 344 g/mol. The number of carbonyl (C=O) groups excluding carboxylic acids is 3. The molecule has 0 aliphatic carbocycles. The Balaban J connectivity index is 1.63. The molecule has 3 amide bonds. The average molecular weight is 344 g/mol. The quantitative estimate of drug-likeness (QED) is 0.872. The smallest absolute Gasteiger partial charge is 0.241 e. The number of likely N-dealkylation sites (tertiary alicyclic amines) is 2. The van der Waals surface area contributed by atoms with Crippen molar-refractivity contribution in [2.45, 2.75) is 44.7 Å². The summed E-state index contributed by atoms with van der Waals surface area (Å²) in [7, 11) is 0. The van der Waals surface area contributed by atoms with Crippen LogP contribution in [0.2, 0.25) is 0 Å². The number of nitrogens with zero attached hydrogens (tertiary/aromatic N) is 3. The number of piperidine rings is 1. The van der Waals surface area contributed by atoms with Crippen molar-refractivity contribution in [3.63, 3.8) is 0 Å². The number of aromatic nitrogens is 1. The predicted molar refractivity (Wildman–Crippen MR) is 91.2 cm³/mol. The van der Waals surface area contributed by atoms with Crippen LogP contribution in [0.15, 0.2) is 24.5 Å². The van der Waals surface area contributed by atoms with E-state index >= 15 is 0 Å². The maximum absolute atomic E-state index is 12.4. The SMILES string of the molecule is CC(=O)NCC(=O)N1CCC2(CCC(=O)N2Cc2ccncc2)CC1. The third-order valence-electron chi connectivity index (χ3n) is 5.30. The maximum Gasteiger partial charge on any atom is 0.241 e. The molecule has 2 aliphatic rings. The summed E-state index contributed by atoms with van der Waals surface area (Å²) < 4.78 is 0. The molecule has 7 nitrogen and oxygen atoms in total. The van der Waals surface area contributed by atoms with Crippen molar-refractivity contribution in [2.75, 3.05) is 19.6 Å². The Kier molecular flexibility index (Phi) is 5.01. The summed E-state index contributed by atoms with van der Waals surface area (Å²) in [6.45, 7) is 3.29. The van der Waals surface area contributed by atoms with Gasteiger partial charge in [-0.3, -0.25) is 19.4 Å². The summed E-state index contributed by atoms with van der Waals surface area (Å²) in [6.07, 6.45) is 6.48. The van der Waals surface area contributed by atoms with Crippen LogP contribution in [0, 0.1) is 0 Å². The molecule has 1 N–H and O–H groups in total. The molecule has 1 aromatic rings. The number of amides is 3. The van der Waals surface area contributed by atoms with Crippen LogP contribution in [0.4, 0.5) is 0 Å². The number of hydrogen-bond acceptors (Lipinski definition) is 4. The maximum atomic E-state index is 12.4. The van der Waals surface area contributed by atoms with Crippen LogP contribution < -0.4 is 5.32 Å². The van der Waals surface area contributed by atoms with Gasteiger partial charge in [-0.15, -0.1) is 0 Å². The number of nitrogens with one attached hydrogen (secondary N) is 1. The lowest BCUT2D eigenvalue weighted by Crippen LogP contribution is -2.54. The molecule has 7 heteroatoms. The van der Waals surface area contributed by atoms with E-state index in [2.05, 4.69) is 10.3 Å². The molecule has 2 fully saturated rings.